The first-order chi connectivity index (χ1) is 11.7. The molecule has 0 bridgehead atoms. The molecule has 1 aromatic carbocycles. The van der Waals surface area contributed by atoms with Gasteiger partial charge >= 0.3 is 6.18 Å². The largest absolute Gasteiger partial charge is 0.416 e. The Morgan fingerprint density at radius 2 is 1.92 bits per heavy atom. The molecule has 1 amide bonds. The lowest BCUT2D eigenvalue weighted by Crippen LogP contribution is -2.25. The number of nitrogens with zero attached hydrogens (tertiary/aromatic N) is 1. The molecule has 0 saturated heterocycles. The lowest BCUT2D eigenvalue weighted by Gasteiger charge is -2.17. The molecule has 0 aliphatic heterocycles. The van der Waals surface area contributed by atoms with E-state index in [1.807, 2.05) is 0 Å². The van der Waals surface area contributed by atoms with E-state index in [2.05, 4.69) is 4.98 Å². The average Bonchev–Trinajstić information content (AvgIpc) is 2.54. The standard InChI is InChI=1S/C16H11ClF4N2O2/c17-7-11(15(22)25)9-4-3-8(16(19,20)21)6-10(9)14(24)13-12(18)2-1-5-23-13/h1-6,11H,7H2,(H2,22,25). The zero-order chi connectivity index (χ0) is 18.8. The second-order valence-corrected chi connectivity index (χ2v) is 5.38. The number of aromatic nitrogens is 1. The van der Waals surface area contributed by atoms with Crippen LogP contribution in [0, 0.1) is 5.82 Å². The van der Waals surface area contributed by atoms with E-state index in [0.717, 1.165) is 18.3 Å². The number of pyridine rings is 1. The number of ketones is 1. The Morgan fingerprint density at radius 3 is 2.44 bits per heavy atom. The summed E-state index contributed by atoms with van der Waals surface area (Å²) in [4.78, 5) is 27.6. The molecule has 9 heteroatoms. The molecule has 0 radical (unpaired) electrons. The van der Waals surface area contributed by atoms with Gasteiger partial charge in [-0.25, -0.2) is 9.37 Å². The molecule has 0 aliphatic rings. The van der Waals surface area contributed by atoms with Gasteiger partial charge in [0.1, 0.15) is 5.69 Å². The fourth-order valence-corrected chi connectivity index (χ4v) is 2.54. The Balaban J connectivity index is 2.69. The molecular weight excluding hydrogens is 364 g/mol. The zero-order valence-corrected chi connectivity index (χ0v) is 13.2. The van der Waals surface area contributed by atoms with Crippen molar-refractivity contribution in [3.05, 3.63) is 64.7 Å². The molecule has 2 N–H and O–H groups in total. The van der Waals surface area contributed by atoms with E-state index in [4.69, 9.17) is 17.3 Å². The Labute approximate surface area is 144 Å². The molecule has 0 spiro atoms. The van der Waals surface area contributed by atoms with Crippen LogP contribution in [0.25, 0.3) is 0 Å². The van der Waals surface area contributed by atoms with E-state index in [-0.39, 0.29) is 11.4 Å². The highest BCUT2D eigenvalue weighted by Gasteiger charge is 2.34. The third-order valence-electron chi connectivity index (χ3n) is 3.47. The number of amides is 1. The fourth-order valence-electron chi connectivity index (χ4n) is 2.23. The molecule has 2 rings (SSSR count). The minimum Gasteiger partial charge on any atom is -0.369 e. The first-order valence-electron chi connectivity index (χ1n) is 6.88. The number of hydrogen-bond acceptors (Lipinski definition) is 3. The Hall–Kier alpha value is -2.48. The number of hydrogen-bond donors (Lipinski definition) is 1. The van der Waals surface area contributed by atoms with Crippen molar-refractivity contribution in [1.82, 2.24) is 4.98 Å². The van der Waals surface area contributed by atoms with Crippen molar-refractivity contribution in [2.45, 2.75) is 12.1 Å². The number of carbonyl (C=O) groups excluding carboxylic acids is 2. The maximum absolute atomic E-state index is 13.8. The van der Waals surface area contributed by atoms with Crippen LogP contribution >= 0.6 is 11.6 Å². The zero-order valence-electron chi connectivity index (χ0n) is 12.5. The highest BCUT2D eigenvalue weighted by atomic mass is 35.5. The summed E-state index contributed by atoms with van der Waals surface area (Å²) in [5.74, 6) is -4.60. The highest BCUT2D eigenvalue weighted by Crippen LogP contribution is 2.33. The number of nitrogens with two attached hydrogens (primary N) is 1. The normalized spacial score (nSPS) is 12.7. The Kier molecular flexibility index (Phi) is 5.42. The van der Waals surface area contributed by atoms with Gasteiger partial charge in [0.25, 0.3) is 0 Å². The van der Waals surface area contributed by atoms with Gasteiger partial charge in [-0.15, -0.1) is 11.6 Å². The van der Waals surface area contributed by atoms with Crippen molar-refractivity contribution in [2.75, 3.05) is 5.88 Å². The van der Waals surface area contributed by atoms with Crippen LogP contribution in [0.5, 0.6) is 0 Å². The second kappa shape index (κ2) is 7.18. The minimum atomic E-state index is -4.74. The second-order valence-electron chi connectivity index (χ2n) is 5.07. The average molecular weight is 375 g/mol. The molecule has 132 valence electrons. The minimum absolute atomic E-state index is 0.120. The molecular formula is C16H11ClF4N2O2. The maximum atomic E-state index is 13.8. The summed E-state index contributed by atoms with van der Waals surface area (Å²) in [5.41, 5.74) is 2.75. The van der Waals surface area contributed by atoms with Crippen LogP contribution in [-0.4, -0.2) is 22.6 Å². The monoisotopic (exact) mass is 374 g/mol. The number of primary amides is 1. The van der Waals surface area contributed by atoms with Gasteiger partial charge in [0.2, 0.25) is 11.7 Å². The number of halogens is 5. The lowest BCUT2D eigenvalue weighted by molar-refractivity contribution is -0.137. The number of carbonyl (C=O) groups is 2. The van der Waals surface area contributed by atoms with Crippen molar-refractivity contribution in [1.29, 1.82) is 0 Å². The highest BCUT2D eigenvalue weighted by molar-refractivity contribution is 6.20. The Morgan fingerprint density at radius 1 is 1.24 bits per heavy atom. The van der Waals surface area contributed by atoms with Gasteiger partial charge < -0.3 is 5.73 Å². The lowest BCUT2D eigenvalue weighted by atomic mass is 9.90. The van der Waals surface area contributed by atoms with Gasteiger partial charge in [-0.05, 0) is 29.8 Å². The maximum Gasteiger partial charge on any atom is 0.416 e. The summed E-state index contributed by atoms with van der Waals surface area (Å²) >= 11 is 5.66. The van der Waals surface area contributed by atoms with Crippen LogP contribution in [0.4, 0.5) is 17.6 Å². The smallest absolute Gasteiger partial charge is 0.369 e. The molecule has 1 unspecified atom stereocenters. The van der Waals surface area contributed by atoms with Crippen LogP contribution in [0.15, 0.2) is 36.5 Å². The molecule has 1 aromatic heterocycles. The molecule has 2 aromatic rings. The molecule has 4 nitrogen and oxygen atoms in total. The van der Waals surface area contributed by atoms with E-state index in [1.165, 1.54) is 6.07 Å². The van der Waals surface area contributed by atoms with Crippen molar-refractivity contribution >= 4 is 23.3 Å². The molecule has 1 heterocycles. The quantitative estimate of drug-likeness (QED) is 0.496. The van der Waals surface area contributed by atoms with Crippen molar-refractivity contribution < 1.29 is 27.2 Å². The van der Waals surface area contributed by atoms with E-state index < -0.39 is 46.4 Å². The van der Waals surface area contributed by atoms with Crippen LogP contribution in [0.2, 0.25) is 0 Å². The summed E-state index contributed by atoms with van der Waals surface area (Å²) in [6.07, 6.45) is -3.61. The van der Waals surface area contributed by atoms with Crippen LogP contribution in [0.1, 0.15) is 33.1 Å². The molecule has 0 aliphatic carbocycles. The predicted molar refractivity (Wildman–Crippen MR) is 81.7 cm³/mol. The van der Waals surface area contributed by atoms with E-state index in [0.29, 0.717) is 12.1 Å². The molecule has 1 atom stereocenters. The molecule has 0 saturated carbocycles. The van der Waals surface area contributed by atoms with E-state index >= 15 is 0 Å². The fraction of sp³-hybridized carbons (Fsp3) is 0.188. The van der Waals surface area contributed by atoms with Gasteiger partial charge in [-0.3, -0.25) is 9.59 Å². The first-order valence-corrected chi connectivity index (χ1v) is 7.42. The summed E-state index contributed by atoms with van der Waals surface area (Å²) in [7, 11) is 0. The third kappa shape index (κ3) is 3.96. The number of rotatable bonds is 5. The van der Waals surface area contributed by atoms with Gasteiger partial charge in [0.15, 0.2) is 5.82 Å². The number of alkyl halides is 4. The van der Waals surface area contributed by atoms with Gasteiger partial charge in [-0.1, -0.05) is 6.07 Å². The van der Waals surface area contributed by atoms with Crippen LogP contribution in [-0.2, 0) is 11.0 Å². The summed E-state index contributed by atoms with van der Waals surface area (Å²) in [6.45, 7) is 0. The summed E-state index contributed by atoms with van der Waals surface area (Å²) < 4.78 is 52.7. The third-order valence-corrected chi connectivity index (χ3v) is 3.78. The summed E-state index contributed by atoms with van der Waals surface area (Å²) in [5, 5.41) is 0. The van der Waals surface area contributed by atoms with Crippen molar-refractivity contribution in [2.24, 2.45) is 5.73 Å². The Bertz CT molecular complexity index is 824. The van der Waals surface area contributed by atoms with E-state index in [9.17, 15) is 27.2 Å². The van der Waals surface area contributed by atoms with E-state index in [1.54, 1.807) is 0 Å². The van der Waals surface area contributed by atoms with Crippen LogP contribution in [0.3, 0.4) is 0 Å². The number of benzene rings is 1. The SMILES string of the molecule is NC(=O)C(CCl)c1ccc(C(F)(F)F)cc1C(=O)c1ncccc1F. The topological polar surface area (TPSA) is 73.1 Å². The van der Waals surface area contributed by atoms with Crippen LogP contribution < -0.4 is 5.73 Å². The molecule has 25 heavy (non-hydrogen) atoms. The van der Waals surface area contributed by atoms with Crippen molar-refractivity contribution in [3.8, 4) is 0 Å². The summed E-state index contributed by atoms with van der Waals surface area (Å²) in [6, 6.07) is 4.34. The van der Waals surface area contributed by atoms with Gasteiger partial charge in [0.05, 0.1) is 11.5 Å². The first kappa shape index (κ1) is 18.9. The predicted octanol–water partition coefficient (Wildman–Crippen LogP) is 3.28. The van der Waals surface area contributed by atoms with Gasteiger partial charge in [0, 0.05) is 17.6 Å². The van der Waals surface area contributed by atoms with Gasteiger partial charge in [-0.2, -0.15) is 13.2 Å². The molecule has 0 fully saturated rings. The van der Waals surface area contributed by atoms with Crippen molar-refractivity contribution in [3.63, 3.8) is 0 Å².